The number of rotatable bonds is 6. The minimum atomic E-state index is -5.68. The molecule has 0 bridgehead atoms. The molecule has 0 fully saturated rings. The van der Waals surface area contributed by atoms with Crippen LogP contribution in [0, 0.1) is 0 Å². The highest BCUT2D eigenvalue weighted by Gasteiger charge is 2.49. The normalized spacial score (nSPS) is 12.6. The largest absolute Gasteiger partial charge is 0.517 e. The maximum Gasteiger partial charge on any atom is 0.517 e. The molecule has 11 heteroatoms. The average Bonchev–Trinajstić information content (AvgIpc) is 3.07. The van der Waals surface area contributed by atoms with Gasteiger partial charge in [-0.05, 0) is 54.6 Å². The molecule has 1 aromatic heterocycles. The molecule has 0 radical (unpaired) electrons. The quantitative estimate of drug-likeness (QED) is 0.230. The Morgan fingerprint density at radius 2 is 1.56 bits per heavy atom. The molecule has 178 valence electrons. The number of methoxy groups -OCH3 is 1. The van der Waals surface area contributed by atoms with Crippen molar-refractivity contribution in [1.82, 2.24) is 4.57 Å². The molecular formula is C23H17Br2F3N2O3S. The first kappa shape index (κ1) is 24.6. The third-order valence-corrected chi connectivity index (χ3v) is 7.60. The zero-order valence-electron chi connectivity index (χ0n) is 17.6. The number of alkyl halides is 3. The summed E-state index contributed by atoms with van der Waals surface area (Å²) in [6.45, 7) is 0.136. The van der Waals surface area contributed by atoms with E-state index in [0.717, 1.165) is 37.0 Å². The Morgan fingerprint density at radius 3 is 2.09 bits per heavy atom. The number of benzene rings is 3. The molecule has 4 rings (SSSR count). The van der Waals surface area contributed by atoms with E-state index in [9.17, 15) is 21.6 Å². The third kappa shape index (κ3) is 4.56. The van der Waals surface area contributed by atoms with Gasteiger partial charge in [-0.1, -0.05) is 37.9 Å². The summed E-state index contributed by atoms with van der Waals surface area (Å²) in [5, 5.41) is 1.90. The Morgan fingerprint density at radius 1 is 0.971 bits per heavy atom. The molecule has 5 nitrogen and oxygen atoms in total. The van der Waals surface area contributed by atoms with E-state index in [0.29, 0.717) is 0 Å². The molecule has 0 N–H and O–H groups in total. The van der Waals surface area contributed by atoms with Gasteiger partial charge in [0, 0.05) is 49.6 Å². The molecule has 0 spiro atoms. The minimum absolute atomic E-state index is 0.136. The van der Waals surface area contributed by atoms with Crippen LogP contribution in [0.15, 0.2) is 81.9 Å². The third-order valence-electron chi connectivity index (χ3n) is 5.18. The molecule has 0 atom stereocenters. The maximum absolute atomic E-state index is 13.4. The number of anilines is 1. The SMILES string of the molecule is COc1cccc(N(/C=C/Cn2c3ccc(Br)cc3c3cc(Br)ccc32)S(=O)(=O)C(F)(F)F)c1. The highest BCUT2D eigenvalue weighted by atomic mass is 79.9. The van der Waals surface area contributed by atoms with E-state index in [1.807, 2.05) is 41.0 Å². The van der Waals surface area contributed by atoms with Gasteiger partial charge in [0.25, 0.3) is 0 Å². The molecular weight excluding hydrogens is 601 g/mol. The van der Waals surface area contributed by atoms with Gasteiger partial charge in [-0.2, -0.15) is 21.6 Å². The van der Waals surface area contributed by atoms with Crippen molar-refractivity contribution in [2.24, 2.45) is 0 Å². The van der Waals surface area contributed by atoms with Gasteiger partial charge in [0.05, 0.1) is 12.8 Å². The fourth-order valence-electron chi connectivity index (χ4n) is 3.66. The number of aromatic nitrogens is 1. The van der Waals surface area contributed by atoms with Crippen LogP contribution in [0.5, 0.6) is 5.75 Å². The first-order valence-corrected chi connectivity index (χ1v) is 12.8. The maximum atomic E-state index is 13.4. The van der Waals surface area contributed by atoms with Crippen LogP contribution < -0.4 is 9.04 Å². The summed E-state index contributed by atoms with van der Waals surface area (Å²) in [6, 6.07) is 16.9. The van der Waals surface area contributed by atoms with E-state index >= 15 is 0 Å². The van der Waals surface area contributed by atoms with Crippen molar-refractivity contribution in [3.05, 3.63) is 81.9 Å². The number of sulfonamides is 1. The van der Waals surface area contributed by atoms with Crippen molar-refractivity contribution in [1.29, 1.82) is 0 Å². The number of hydrogen-bond acceptors (Lipinski definition) is 3. The van der Waals surface area contributed by atoms with Crippen LogP contribution in [0.4, 0.5) is 18.9 Å². The monoisotopic (exact) mass is 616 g/mol. The fourth-order valence-corrected chi connectivity index (χ4v) is 5.24. The molecule has 0 amide bonds. The van der Waals surface area contributed by atoms with Crippen LogP contribution in [-0.4, -0.2) is 25.6 Å². The zero-order valence-corrected chi connectivity index (χ0v) is 21.5. The Hall–Kier alpha value is -2.50. The zero-order chi connectivity index (χ0) is 24.7. The smallest absolute Gasteiger partial charge is 0.497 e. The summed E-state index contributed by atoms with van der Waals surface area (Å²) in [7, 11) is -4.34. The second-order valence-electron chi connectivity index (χ2n) is 7.27. The summed E-state index contributed by atoms with van der Waals surface area (Å²) in [5.74, 6) is 0.229. The number of nitrogens with zero attached hydrogens (tertiary/aromatic N) is 2. The van der Waals surface area contributed by atoms with Crippen LogP contribution in [0.25, 0.3) is 21.8 Å². The predicted octanol–water partition coefficient (Wildman–Crippen LogP) is 7.20. The molecule has 0 aliphatic heterocycles. The Kier molecular flexibility index (Phi) is 6.71. The predicted molar refractivity (Wildman–Crippen MR) is 134 cm³/mol. The van der Waals surface area contributed by atoms with Crippen LogP contribution in [0.2, 0.25) is 0 Å². The fraction of sp³-hybridized carbons (Fsp3) is 0.130. The molecule has 0 aliphatic carbocycles. The lowest BCUT2D eigenvalue weighted by Gasteiger charge is -2.22. The number of hydrogen-bond donors (Lipinski definition) is 0. The standard InChI is InChI=1S/C23H17Br2F3N2O3S/c1-33-18-5-2-4-17(14-18)30(34(31,32)23(26,27)28)11-3-10-29-21-8-6-15(24)12-19(21)20-13-16(25)7-9-22(20)29/h2-9,11-14H,10H2,1H3/b11-3+. The van der Waals surface area contributed by atoms with Gasteiger partial charge >= 0.3 is 15.5 Å². The van der Waals surface area contributed by atoms with Gasteiger partial charge < -0.3 is 9.30 Å². The lowest BCUT2D eigenvalue weighted by Crippen LogP contribution is -2.37. The second-order valence-corrected chi connectivity index (χ2v) is 10.9. The number of ether oxygens (including phenoxy) is 1. The van der Waals surface area contributed by atoms with E-state index in [2.05, 4.69) is 31.9 Å². The van der Waals surface area contributed by atoms with Gasteiger partial charge in [0.2, 0.25) is 0 Å². The van der Waals surface area contributed by atoms with Crippen LogP contribution in [0.1, 0.15) is 0 Å². The average molecular weight is 618 g/mol. The van der Waals surface area contributed by atoms with Gasteiger partial charge in [-0.25, -0.2) is 4.31 Å². The van der Waals surface area contributed by atoms with Gasteiger partial charge in [0.1, 0.15) is 5.75 Å². The second kappa shape index (κ2) is 9.27. The lowest BCUT2D eigenvalue weighted by molar-refractivity contribution is -0.0436. The number of fused-ring (bicyclic) bond motifs is 3. The summed E-state index contributed by atoms with van der Waals surface area (Å²) >= 11 is 6.94. The summed E-state index contributed by atoms with van der Waals surface area (Å²) in [6.07, 6.45) is 2.30. The molecule has 0 aliphatic rings. The van der Waals surface area contributed by atoms with Crippen LogP contribution in [0.3, 0.4) is 0 Å². The van der Waals surface area contributed by atoms with Crippen molar-refractivity contribution >= 4 is 69.4 Å². The molecule has 4 aromatic rings. The molecule has 0 saturated carbocycles. The topological polar surface area (TPSA) is 51.5 Å². The number of halogens is 5. The van der Waals surface area contributed by atoms with E-state index in [1.165, 1.54) is 37.5 Å². The summed E-state index contributed by atoms with van der Waals surface area (Å²) < 4.78 is 73.9. The molecule has 1 heterocycles. The molecule has 0 saturated heterocycles. The lowest BCUT2D eigenvalue weighted by atomic mass is 10.2. The summed E-state index contributed by atoms with van der Waals surface area (Å²) in [5.41, 5.74) is -3.96. The minimum Gasteiger partial charge on any atom is -0.497 e. The van der Waals surface area contributed by atoms with Crippen LogP contribution in [-0.2, 0) is 16.6 Å². The highest BCUT2D eigenvalue weighted by Crippen LogP contribution is 2.34. The Labute approximate surface area is 210 Å². The van der Waals surface area contributed by atoms with E-state index in [1.54, 1.807) is 0 Å². The van der Waals surface area contributed by atoms with E-state index in [4.69, 9.17) is 4.74 Å². The van der Waals surface area contributed by atoms with Crippen molar-refractivity contribution in [3.8, 4) is 5.75 Å². The first-order valence-electron chi connectivity index (χ1n) is 9.81. The van der Waals surface area contributed by atoms with Crippen molar-refractivity contribution in [2.45, 2.75) is 12.1 Å². The number of allylic oxidation sites excluding steroid dienone is 1. The molecule has 0 unspecified atom stereocenters. The first-order chi connectivity index (χ1) is 16.0. The summed E-state index contributed by atoms with van der Waals surface area (Å²) in [4.78, 5) is 0. The Bertz CT molecular complexity index is 1460. The van der Waals surface area contributed by atoms with Gasteiger partial charge in [-0.3, -0.25) is 0 Å². The van der Waals surface area contributed by atoms with E-state index in [-0.39, 0.29) is 22.3 Å². The van der Waals surface area contributed by atoms with Gasteiger partial charge in [0.15, 0.2) is 0 Å². The van der Waals surface area contributed by atoms with Crippen LogP contribution >= 0.6 is 31.9 Å². The van der Waals surface area contributed by atoms with Gasteiger partial charge in [-0.15, -0.1) is 0 Å². The highest BCUT2D eigenvalue weighted by molar-refractivity contribution is 9.10. The Balaban J connectivity index is 1.80. The van der Waals surface area contributed by atoms with Crippen molar-refractivity contribution < 1.29 is 26.3 Å². The molecule has 34 heavy (non-hydrogen) atoms. The van der Waals surface area contributed by atoms with Crippen molar-refractivity contribution in [3.63, 3.8) is 0 Å². The molecule has 3 aromatic carbocycles. The van der Waals surface area contributed by atoms with E-state index < -0.39 is 15.5 Å². The van der Waals surface area contributed by atoms with Crippen molar-refractivity contribution in [2.75, 3.05) is 11.4 Å².